The molecule has 0 saturated carbocycles. The maximum Gasteiger partial charge on any atom is 0.0773 e. The molecule has 0 radical (unpaired) electrons. The molecule has 19 heavy (non-hydrogen) atoms. The molecule has 1 heterocycles. The number of hydrogen-bond acceptors (Lipinski definition) is 3. The zero-order valence-corrected chi connectivity index (χ0v) is 13.3. The lowest BCUT2D eigenvalue weighted by Gasteiger charge is -2.41. The first kappa shape index (κ1) is 16.2. The van der Waals surface area contributed by atoms with Gasteiger partial charge in [-0.1, -0.05) is 13.8 Å². The van der Waals surface area contributed by atoms with Crippen molar-refractivity contribution >= 4 is 0 Å². The molecule has 0 fully saturated rings. The van der Waals surface area contributed by atoms with Crippen LogP contribution in [0, 0.1) is 6.92 Å². The standard InChI is InChI=1S/C15H29N3O/c1-7-17(8-2)15(5,6)14(19)11-13-10-12(4)16-18(13)9-3/h10,14,19H,7-9,11H2,1-6H3. The van der Waals surface area contributed by atoms with Gasteiger partial charge in [0.15, 0.2) is 0 Å². The molecular weight excluding hydrogens is 238 g/mol. The molecule has 1 aromatic heterocycles. The number of likely N-dealkylation sites (N-methyl/N-ethyl adjacent to an activating group) is 1. The smallest absolute Gasteiger partial charge is 0.0773 e. The molecule has 0 amide bonds. The van der Waals surface area contributed by atoms with Crippen LogP contribution in [0.5, 0.6) is 0 Å². The van der Waals surface area contributed by atoms with Crippen molar-refractivity contribution in [2.75, 3.05) is 13.1 Å². The van der Waals surface area contributed by atoms with Gasteiger partial charge in [0.25, 0.3) is 0 Å². The minimum absolute atomic E-state index is 0.222. The number of aliphatic hydroxyl groups is 1. The maximum absolute atomic E-state index is 10.6. The Balaban J connectivity index is 2.85. The molecule has 0 aromatic carbocycles. The van der Waals surface area contributed by atoms with Crippen LogP contribution < -0.4 is 0 Å². The largest absolute Gasteiger partial charge is 0.391 e. The first-order valence-electron chi connectivity index (χ1n) is 7.33. The molecule has 1 unspecified atom stereocenters. The predicted molar refractivity (Wildman–Crippen MR) is 79.3 cm³/mol. The summed E-state index contributed by atoms with van der Waals surface area (Å²) in [6, 6.07) is 2.07. The zero-order chi connectivity index (χ0) is 14.6. The Hall–Kier alpha value is -0.870. The van der Waals surface area contributed by atoms with Crippen LogP contribution in [0.4, 0.5) is 0 Å². The Morgan fingerprint density at radius 3 is 2.37 bits per heavy atom. The van der Waals surface area contributed by atoms with Crippen molar-refractivity contribution in [3.8, 4) is 0 Å². The molecule has 0 saturated heterocycles. The van der Waals surface area contributed by atoms with Crippen molar-refractivity contribution in [3.05, 3.63) is 17.5 Å². The van der Waals surface area contributed by atoms with E-state index < -0.39 is 6.10 Å². The molecule has 1 rings (SSSR count). The number of aromatic nitrogens is 2. The van der Waals surface area contributed by atoms with Crippen molar-refractivity contribution in [3.63, 3.8) is 0 Å². The molecule has 0 aliphatic carbocycles. The van der Waals surface area contributed by atoms with E-state index >= 15 is 0 Å². The molecule has 4 heteroatoms. The molecule has 1 atom stereocenters. The van der Waals surface area contributed by atoms with Gasteiger partial charge in [0, 0.05) is 24.2 Å². The molecule has 0 spiro atoms. The van der Waals surface area contributed by atoms with Gasteiger partial charge in [0.05, 0.1) is 11.8 Å². The summed E-state index contributed by atoms with van der Waals surface area (Å²) in [7, 11) is 0. The predicted octanol–water partition coefficient (Wildman–Crippen LogP) is 2.24. The summed E-state index contributed by atoms with van der Waals surface area (Å²) in [6.07, 6.45) is 0.256. The van der Waals surface area contributed by atoms with Gasteiger partial charge in [-0.3, -0.25) is 9.58 Å². The fourth-order valence-electron chi connectivity index (χ4n) is 2.73. The van der Waals surface area contributed by atoms with E-state index in [0.717, 1.165) is 31.0 Å². The molecule has 4 nitrogen and oxygen atoms in total. The van der Waals surface area contributed by atoms with Gasteiger partial charge in [-0.05, 0) is 46.9 Å². The van der Waals surface area contributed by atoms with Gasteiger partial charge in [0.2, 0.25) is 0 Å². The third-order valence-corrected chi connectivity index (χ3v) is 4.08. The van der Waals surface area contributed by atoms with Crippen LogP contribution in [0.25, 0.3) is 0 Å². The summed E-state index contributed by atoms with van der Waals surface area (Å²) in [5, 5.41) is 15.1. The molecule has 110 valence electrons. The van der Waals surface area contributed by atoms with E-state index in [1.165, 1.54) is 0 Å². The zero-order valence-electron chi connectivity index (χ0n) is 13.3. The van der Waals surface area contributed by atoms with E-state index in [4.69, 9.17) is 0 Å². The summed E-state index contributed by atoms with van der Waals surface area (Å²) >= 11 is 0. The SMILES string of the molecule is CCN(CC)C(C)(C)C(O)Cc1cc(C)nn1CC. The Kier molecular flexibility index (Phi) is 5.56. The topological polar surface area (TPSA) is 41.3 Å². The van der Waals surface area contributed by atoms with Crippen molar-refractivity contribution in [1.82, 2.24) is 14.7 Å². The summed E-state index contributed by atoms with van der Waals surface area (Å²) in [5.41, 5.74) is 1.91. The van der Waals surface area contributed by atoms with E-state index in [0.29, 0.717) is 6.42 Å². The minimum Gasteiger partial charge on any atom is -0.391 e. The number of hydrogen-bond donors (Lipinski definition) is 1. The van der Waals surface area contributed by atoms with Gasteiger partial charge in [0.1, 0.15) is 0 Å². The Morgan fingerprint density at radius 2 is 1.89 bits per heavy atom. The quantitative estimate of drug-likeness (QED) is 0.823. The van der Waals surface area contributed by atoms with E-state index in [1.54, 1.807) is 0 Å². The fraction of sp³-hybridized carbons (Fsp3) is 0.800. The molecule has 0 aliphatic rings. The average molecular weight is 267 g/mol. The van der Waals surface area contributed by atoms with Gasteiger partial charge in [-0.2, -0.15) is 5.10 Å². The van der Waals surface area contributed by atoms with E-state index in [1.807, 2.05) is 11.6 Å². The molecule has 0 bridgehead atoms. The monoisotopic (exact) mass is 267 g/mol. The second-order valence-electron chi connectivity index (χ2n) is 5.64. The van der Waals surface area contributed by atoms with Gasteiger partial charge < -0.3 is 5.11 Å². The third kappa shape index (κ3) is 3.57. The second-order valence-corrected chi connectivity index (χ2v) is 5.64. The van der Waals surface area contributed by atoms with Crippen molar-refractivity contribution in [1.29, 1.82) is 0 Å². The normalized spacial score (nSPS) is 14.1. The Bertz CT molecular complexity index is 394. The van der Waals surface area contributed by atoms with E-state index in [-0.39, 0.29) is 5.54 Å². The number of aliphatic hydroxyl groups excluding tert-OH is 1. The number of nitrogens with zero attached hydrogens (tertiary/aromatic N) is 3. The van der Waals surface area contributed by atoms with Crippen LogP contribution in [0.3, 0.4) is 0 Å². The lowest BCUT2D eigenvalue weighted by Crippen LogP contribution is -2.53. The van der Waals surface area contributed by atoms with E-state index in [9.17, 15) is 5.11 Å². The fourth-order valence-corrected chi connectivity index (χ4v) is 2.73. The van der Waals surface area contributed by atoms with Crippen LogP contribution in [0.15, 0.2) is 6.07 Å². The maximum atomic E-state index is 10.6. The van der Waals surface area contributed by atoms with Gasteiger partial charge in [-0.25, -0.2) is 0 Å². The van der Waals surface area contributed by atoms with Crippen LogP contribution in [-0.2, 0) is 13.0 Å². The third-order valence-electron chi connectivity index (χ3n) is 4.08. The van der Waals surface area contributed by atoms with Gasteiger partial charge in [-0.15, -0.1) is 0 Å². The van der Waals surface area contributed by atoms with Crippen molar-refractivity contribution in [2.24, 2.45) is 0 Å². The number of rotatable bonds is 7. The van der Waals surface area contributed by atoms with Crippen LogP contribution in [0.2, 0.25) is 0 Å². The van der Waals surface area contributed by atoms with Crippen LogP contribution >= 0.6 is 0 Å². The molecule has 1 N–H and O–H groups in total. The minimum atomic E-state index is -0.395. The average Bonchev–Trinajstić information content (AvgIpc) is 2.70. The second kappa shape index (κ2) is 6.53. The molecule has 1 aromatic rings. The lowest BCUT2D eigenvalue weighted by molar-refractivity contribution is -0.00515. The molecule has 0 aliphatic heterocycles. The Labute approximate surface area is 117 Å². The van der Waals surface area contributed by atoms with E-state index in [2.05, 4.69) is 50.7 Å². The summed E-state index contributed by atoms with van der Waals surface area (Å²) < 4.78 is 1.98. The molecular formula is C15H29N3O. The first-order chi connectivity index (χ1) is 8.86. The van der Waals surface area contributed by atoms with Crippen molar-refractivity contribution < 1.29 is 5.11 Å². The van der Waals surface area contributed by atoms with Crippen LogP contribution in [0.1, 0.15) is 46.0 Å². The number of aryl methyl sites for hydroxylation is 2. The Morgan fingerprint density at radius 1 is 1.32 bits per heavy atom. The van der Waals surface area contributed by atoms with Gasteiger partial charge >= 0.3 is 0 Å². The van der Waals surface area contributed by atoms with Crippen LogP contribution in [-0.4, -0.2) is 44.5 Å². The summed E-state index contributed by atoms with van der Waals surface area (Å²) in [6.45, 7) is 15.3. The highest BCUT2D eigenvalue weighted by Gasteiger charge is 2.33. The lowest BCUT2D eigenvalue weighted by atomic mass is 9.91. The highest BCUT2D eigenvalue weighted by Crippen LogP contribution is 2.22. The van der Waals surface area contributed by atoms with Crippen molar-refractivity contribution in [2.45, 2.75) is 66.2 Å². The highest BCUT2D eigenvalue weighted by atomic mass is 16.3. The highest BCUT2D eigenvalue weighted by molar-refractivity contribution is 5.11. The first-order valence-corrected chi connectivity index (χ1v) is 7.33. The summed E-state index contributed by atoms with van der Waals surface area (Å²) in [5.74, 6) is 0. The summed E-state index contributed by atoms with van der Waals surface area (Å²) in [4.78, 5) is 2.30.